The van der Waals surface area contributed by atoms with E-state index in [2.05, 4.69) is 0 Å². The van der Waals surface area contributed by atoms with E-state index in [4.69, 9.17) is 4.74 Å². The monoisotopic (exact) mass is 394 g/mol. The van der Waals surface area contributed by atoms with Crippen molar-refractivity contribution in [2.45, 2.75) is 33.6 Å². The highest BCUT2D eigenvalue weighted by molar-refractivity contribution is 5.94. The standard InChI is InChI=1S/C24H30N2O3/c1-4-29-22-10-7-20(8-11-22)17-23(27)25-12-5-13-26(15-14-25)24(28)21-9-6-18(2)19(3)16-21/h6-11,16H,4-5,12-15,17H2,1-3H3. The smallest absolute Gasteiger partial charge is 0.253 e. The van der Waals surface area contributed by atoms with Gasteiger partial charge in [0.05, 0.1) is 13.0 Å². The summed E-state index contributed by atoms with van der Waals surface area (Å²) in [5, 5.41) is 0. The molecule has 0 aliphatic carbocycles. The van der Waals surface area contributed by atoms with E-state index in [1.165, 1.54) is 5.56 Å². The van der Waals surface area contributed by atoms with Crippen molar-refractivity contribution >= 4 is 11.8 Å². The van der Waals surface area contributed by atoms with Crippen LogP contribution >= 0.6 is 0 Å². The van der Waals surface area contributed by atoms with Crippen LogP contribution in [0, 0.1) is 13.8 Å². The van der Waals surface area contributed by atoms with E-state index in [9.17, 15) is 9.59 Å². The summed E-state index contributed by atoms with van der Waals surface area (Å²) in [5.41, 5.74) is 4.01. The van der Waals surface area contributed by atoms with Crippen LogP contribution in [0.5, 0.6) is 5.75 Å². The van der Waals surface area contributed by atoms with Gasteiger partial charge >= 0.3 is 0 Å². The number of benzene rings is 2. The zero-order chi connectivity index (χ0) is 20.8. The van der Waals surface area contributed by atoms with Gasteiger partial charge in [-0.25, -0.2) is 0 Å². The minimum absolute atomic E-state index is 0.0499. The summed E-state index contributed by atoms with van der Waals surface area (Å²) < 4.78 is 5.45. The number of rotatable bonds is 5. The van der Waals surface area contributed by atoms with Crippen LogP contribution in [0.4, 0.5) is 0 Å². The Hall–Kier alpha value is -2.82. The fourth-order valence-electron chi connectivity index (χ4n) is 3.58. The highest BCUT2D eigenvalue weighted by atomic mass is 16.5. The van der Waals surface area contributed by atoms with Gasteiger partial charge in [0.25, 0.3) is 5.91 Å². The van der Waals surface area contributed by atoms with Crippen molar-refractivity contribution in [2.75, 3.05) is 32.8 Å². The van der Waals surface area contributed by atoms with Crippen LogP contribution in [-0.4, -0.2) is 54.4 Å². The van der Waals surface area contributed by atoms with Gasteiger partial charge < -0.3 is 14.5 Å². The van der Waals surface area contributed by atoms with Crippen LogP contribution in [0.1, 0.15) is 40.4 Å². The molecule has 0 aromatic heterocycles. The molecule has 2 aromatic rings. The Morgan fingerprint density at radius 3 is 2.28 bits per heavy atom. The van der Waals surface area contributed by atoms with Gasteiger partial charge in [-0.3, -0.25) is 9.59 Å². The molecule has 0 N–H and O–H groups in total. The van der Waals surface area contributed by atoms with Crippen LogP contribution in [0.2, 0.25) is 0 Å². The van der Waals surface area contributed by atoms with E-state index in [1.807, 2.05) is 73.0 Å². The molecule has 0 atom stereocenters. The lowest BCUT2D eigenvalue weighted by Crippen LogP contribution is -2.38. The lowest BCUT2D eigenvalue weighted by molar-refractivity contribution is -0.130. The molecule has 0 bridgehead atoms. The first-order valence-corrected chi connectivity index (χ1v) is 10.3. The fraction of sp³-hybridized carbons (Fsp3) is 0.417. The lowest BCUT2D eigenvalue weighted by atomic mass is 10.1. The maximum atomic E-state index is 12.9. The van der Waals surface area contributed by atoms with Crippen molar-refractivity contribution in [1.82, 2.24) is 9.80 Å². The van der Waals surface area contributed by atoms with Crippen molar-refractivity contribution in [3.05, 3.63) is 64.7 Å². The molecule has 2 aromatic carbocycles. The molecular weight excluding hydrogens is 364 g/mol. The van der Waals surface area contributed by atoms with Gasteiger partial charge in [0, 0.05) is 31.7 Å². The maximum absolute atomic E-state index is 12.9. The van der Waals surface area contributed by atoms with Crippen LogP contribution in [-0.2, 0) is 11.2 Å². The summed E-state index contributed by atoms with van der Waals surface area (Å²) in [5.74, 6) is 0.975. The molecule has 2 amide bonds. The Morgan fingerprint density at radius 1 is 0.897 bits per heavy atom. The van der Waals surface area contributed by atoms with E-state index in [0.717, 1.165) is 28.9 Å². The molecule has 0 saturated carbocycles. The molecule has 5 heteroatoms. The predicted octanol–water partition coefficient (Wildman–Crippen LogP) is 3.62. The molecular formula is C24H30N2O3. The van der Waals surface area contributed by atoms with Crippen LogP contribution in [0.25, 0.3) is 0 Å². The van der Waals surface area contributed by atoms with E-state index < -0.39 is 0 Å². The number of carbonyl (C=O) groups is 2. The van der Waals surface area contributed by atoms with Crippen molar-refractivity contribution in [2.24, 2.45) is 0 Å². The average molecular weight is 395 g/mol. The number of carbonyl (C=O) groups excluding carboxylic acids is 2. The van der Waals surface area contributed by atoms with E-state index in [1.54, 1.807) is 0 Å². The number of amides is 2. The second kappa shape index (κ2) is 9.59. The van der Waals surface area contributed by atoms with Crippen molar-refractivity contribution < 1.29 is 14.3 Å². The SMILES string of the molecule is CCOc1ccc(CC(=O)N2CCCN(C(=O)c3ccc(C)c(C)c3)CC2)cc1. The second-order valence-electron chi connectivity index (χ2n) is 7.58. The summed E-state index contributed by atoms with van der Waals surface area (Å²) >= 11 is 0. The van der Waals surface area contributed by atoms with E-state index in [-0.39, 0.29) is 11.8 Å². The minimum atomic E-state index is 0.0499. The Bertz CT molecular complexity index is 861. The number of hydrogen-bond donors (Lipinski definition) is 0. The molecule has 0 radical (unpaired) electrons. The van der Waals surface area contributed by atoms with Crippen molar-refractivity contribution in [3.8, 4) is 5.75 Å². The summed E-state index contributed by atoms with van der Waals surface area (Å²) in [6.07, 6.45) is 1.17. The molecule has 154 valence electrons. The van der Waals surface area contributed by atoms with E-state index in [0.29, 0.717) is 39.2 Å². The van der Waals surface area contributed by atoms with Crippen molar-refractivity contribution in [3.63, 3.8) is 0 Å². The van der Waals surface area contributed by atoms with Crippen LogP contribution < -0.4 is 4.74 Å². The summed E-state index contributed by atoms with van der Waals surface area (Å²) in [6, 6.07) is 13.5. The molecule has 5 nitrogen and oxygen atoms in total. The molecule has 1 fully saturated rings. The highest BCUT2D eigenvalue weighted by Gasteiger charge is 2.23. The summed E-state index contributed by atoms with van der Waals surface area (Å²) in [4.78, 5) is 29.4. The van der Waals surface area contributed by atoms with E-state index >= 15 is 0 Å². The van der Waals surface area contributed by atoms with Crippen molar-refractivity contribution in [1.29, 1.82) is 0 Å². The normalized spacial score (nSPS) is 14.4. The first kappa shape index (κ1) is 20.9. The predicted molar refractivity (Wildman–Crippen MR) is 114 cm³/mol. The maximum Gasteiger partial charge on any atom is 0.253 e. The topological polar surface area (TPSA) is 49.9 Å². The van der Waals surface area contributed by atoms with Gasteiger partial charge in [0.1, 0.15) is 5.75 Å². The fourth-order valence-corrected chi connectivity index (χ4v) is 3.58. The highest BCUT2D eigenvalue weighted by Crippen LogP contribution is 2.16. The Kier molecular flexibility index (Phi) is 6.91. The minimum Gasteiger partial charge on any atom is -0.494 e. The number of nitrogens with zero attached hydrogens (tertiary/aromatic N) is 2. The van der Waals surface area contributed by atoms with Crippen LogP contribution in [0.15, 0.2) is 42.5 Å². The third-order valence-electron chi connectivity index (χ3n) is 5.48. The third-order valence-corrected chi connectivity index (χ3v) is 5.48. The van der Waals surface area contributed by atoms with Crippen LogP contribution in [0.3, 0.4) is 0 Å². The molecule has 1 aliphatic heterocycles. The average Bonchev–Trinajstić information content (AvgIpc) is 2.97. The van der Waals surface area contributed by atoms with Gasteiger partial charge in [-0.1, -0.05) is 18.2 Å². The zero-order valence-electron chi connectivity index (χ0n) is 17.6. The Labute approximate surface area is 173 Å². The number of hydrogen-bond acceptors (Lipinski definition) is 3. The Balaban J connectivity index is 1.57. The second-order valence-corrected chi connectivity index (χ2v) is 7.58. The molecule has 0 spiro atoms. The zero-order valence-corrected chi connectivity index (χ0v) is 17.6. The van der Waals surface area contributed by atoms with Gasteiger partial charge in [0.15, 0.2) is 0 Å². The number of ether oxygens (including phenoxy) is 1. The number of aryl methyl sites for hydroxylation is 2. The van der Waals surface area contributed by atoms with Gasteiger partial charge in [-0.2, -0.15) is 0 Å². The summed E-state index contributed by atoms with van der Waals surface area (Å²) in [7, 11) is 0. The lowest BCUT2D eigenvalue weighted by Gasteiger charge is -2.22. The summed E-state index contributed by atoms with van der Waals surface area (Å²) in [6.45, 7) is 9.16. The molecule has 1 saturated heterocycles. The first-order chi connectivity index (χ1) is 14.0. The molecule has 0 unspecified atom stereocenters. The molecule has 1 heterocycles. The van der Waals surface area contributed by atoms with Gasteiger partial charge in [0.2, 0.25) is 5.91 Å². The van der Waals surface area contributed by atoms with Gasteiger partial charge in [-0.05, 0) is 68.1 Å². The molecule has 29 heavy (non-hydrogen) atoms. The Morgan fingerprint density at radius 2 is 1.59 bits per heavy atom. The van der Waals surface area contributed by atoms with Gasteiger partial charge in [-0.15, -0.1) is 0 Å². The quantitative estimate of drug-likeness (QED) is 0.778. The third kappa shape index (κ3) is 5.37. The molecule has 3 rings (SSSR count). The largest absolute Gasteiger partial charge is 0.494 e. The molecule has 1 aliphatic rings. The first-order valence-electron chi connectivity index (χ1n) is 10.3.